The Kier molecular flexibility index (Phi) is 5.08. The van der Waals surface area contributed by atoms with E-state index in [4.69, 9.17) is 14.6 Å². The van der Waals surface area contributed by atoms with Gasteiger partial charge in [-0.1, -0.05) is 18.2 Å². The van der Waals surface area contributed by atoms with E-state index in [0.717, 1.165) is 29.4 Å². The summed E-state index contributed by atoms with van der Waals surface area (Å²) in [6.07, 6.45) is 7.20. The molecule has 9 heteroatoms. The number of hydrogen-bond donors (Lipinski definition) is 2. The SMILES string of the molecule is COc1ccc2c(c1O)[C@]13CCN(C)[C@H](C2)[C@@]12C=C[C@@](OC)(C3)[C@@H]1C(=O)C(SCC(=O)O)=CC(=O)[C@@H]12. The van der Waals surface area contributed by atoms with Crippen LogP contribution in [-0.2, 0) is 31.0 Å². The average molecular weight is 512 g/mol. The number of aromatic hydroxyl groups is 1. The molecule has 1 saturated heterocycles. The monoisotopic (exact) mass is 511 g/mol. The highest BCUT2D eigenvalue weighted by Crippen LogP contribution is 2.74. The number of allylic oxidation sites excluding steroid dienone is 2. The Hall–Kier alpha value is -2.62. The Bertz CT molecular complexity index is 1270. The van der Waals surface area contributed by atoms with Gasteiger partial charge in [0.2, 0.25) is 0 Å². The molecule has 0 unspecified atom stereocenters. The minimum Gasteiger partial charge on any atom is -0.504 e. The van der Waals surface area contributed by atoms with Gasteiger partial charge in [0.1, 0.15) is 0 Å². The number of ether oxygens (including phenoxy) is 2. The van der Waals surface area contributed by atoms with Crippen LogP contribution in [0.4, 0.5) is 0 Å². The van der Waals surface area contributed by atoms with Crippen molar-refractivity contribution in [2.45, 2.75) is 36.3 Å². The molecule has 1 heterocycles. The number of nitrogens with zero attached hydrogens (tertiary/aromatic N) is 1. The molecule has 1 aromatic rings. The minimum absolute atomic E-state index is 0.0520. The van der Waals surface area contributed by atoms with Gasteiger partial charge in [0.15, 0.2) is 23.1 Å². The van der Waals surface area contributed by atoms with Gasteiger partial charge in [0.05, 0.1) is 29.3 Å². The molecule has 1 saturated carbocycles. The molecule has 6 atom stereocenters. The maximum absolute atomic E-state index is 14.0. The first-order chi connectivity index (χ1) is 17.2. The second-order valence-electron chi connectivity index (χ2n) is 10.7. The number of phenols is 1. The third-order valence-corrected chi connectivity index (χ3v) is 10.6. The number of ketones is 2. The number of carbonyl (C=O) groups excluding carboxylic acids is 2. The number of methoxy groups -OCH3 is 2. The summed E-state index contributed by atoms with van der Waals surface area (Å²) in [4.78, 5) is 41.6. The van der Waals surface area contributed by atoms with Crippen LogP contribution in [0.25, 0.3) is 0 Å². The normalized spacial score (nSPS) is 38.2. The number of aliphatic carboxylic acids is 1. The van der Waals surface area contributed by atoms with E-state index in [9.17, 15) is 19.5 Å². The maximum atomic E-state index is 14.0. The summed E-state index contributed by atoms with van der Waals surface area (Å²) in [5.41, 5.74) is -0.563. The van der Waals surface area contributed by atoms with E-state index in [1.807, 2.05) is 12.1 Å². The van der Waals surface area contributed by atoms with Crippen LogP contribution in [0.1, 0.15) is 24.0 Å². The molecule has 5 aliphatic carbocycles. The maximum Gasteiger partial charge on any atom is 0.313 e. The quantitative estimate of drug-likeness (QED) is 0.575. The van der Waals surface area contributed by atoms with Gasteiger partial charge in [-0.05, 0) is 50.6 Å². The van der Waals surface area contributed by atoms with Crippen molar-refractivity contribution in [3.63, 3.8) is 0 Å². The third kappa shape index (κ3) is 2.66. The van der Waals surface area contributed by atoms with Crippen molar-refractivity contribution in [1.29, 1.82) is 0 Å². The second-order valence-corrected chi connectivity index (χ2v) is 11.7. The highest BCUT2D eigenvalue weighted by Gasteiger charge is 2.77. The molecule has 1 aliphatic heterocycles. The summed E-state index contributed by atoms with van der Waals surface area (Å²) < 4.78 is 11.6. The first-order valence-corrected chi connectivity index (χ1v) is 13.1. The summed E-state index contributed by atoms with van der Waals surface area (Å²) in [6.45, 7) is 0.783. The molecule has 7 rings (SSSR count). The van der Waals surface area contributed by atoms with Gasteiger partial charge in [-0.25, -0.2) is 0 Å². The fraction of sp³-hybridized carbons (Fsp3) is 0.519. The number of Topliss-reactive ketones (excluding diaryl/α,β-unsaturated/α-hetero) is 1. The number of likely N-dealkylation sites (N-methyl/N-ethyl adjacent to an activating group) is 1. The lowest BCUT2D eigenvalue weighted by molar-refractivity contribution is -0.201. The van der Waals surface area contributed by atoms with Gasteiger partial charge in [-0.2, -0.15) is 0 Å². The summed E-state index contributed by atoms with van der Waals surface area (Å²) in [5.74, 6) is -2.68. The molecule has 6 aliphatic rings. The number of carboxylic acids is 1. The van der Waals surface area contributed by atoms with Gasteiger partial charge in [-0.3, -0.25) is 14.4 Å². The largest absolute Gasteiger partial charge is 0.504 e. The van der Waals surface area contributed by atoms with E-state index in [2.05, 4.69) is 18.0 Å². The summed E-state index contributed by atoms with van der Waals surface area (Å²) in [7, 11) is 5.16. The predicted molar refractivity (Wildman–Crippen MR) is 132 cm³/mol. The Morgan fingerprint density at radius 2 is 2.00 bits per heavy atom. The molecule has 0 aromatic heterocycles. The lowest BCUT2D eigenvalue weighted by atomic mass is 9.33. The van der Waals surface area contributed by atoms with Gasteiger partial charge in [0, 0.05) is 35.5 Å². The molecule has 36 heavy (non-hydrogen) atoms. The highest BCUT2D eigenvalue weighted by molar-refractivity contribution is 8.04. The number of hydrogen-bond acceptors (Lipinski definition) is 8. The second kappa shape index (κ2) is 7.69. The molecule has 1 aromatic carbocycles. The van der Waals surface area contributed by atoms with E-state index in [-0.39, 0.29) is 34.0 Å². The topological polar surface area (TPSA) is 113 Å². The van der Waals surface area contributed by atoms with Crippen molar-refractivity contribution in [3.8, 4) is 11.5 Å². The average Bonchev–Trinajstić information content (AvgIpc) is 2.86. The van der Waals surface area contributed by atoms with Crippen LogP contribution in [0.15, 0.2) is 35.3 Å². The lowest BCUT2D eigenvalue weighted by Crippen LogP contribution is -2.78. The van der Waals surface area contributed by atoms with Gasteiger partial charge < -0.3 is 24.6 Å². The van der Waals surface area contributed by atoms with Crippen molar-refractivity contribution in [1.82, 2.24) is 4.90 Å². The molecule has 1 spiro atoms. The van der Waals surface area contributed by atoms with E-state index in [0.29, 0.717) is 25.0 Å². The van der Waals surface area contributed by atoms with Crippen LogP contribution in [0.2, 0.25) is 0 Å². The van der Waals surface area contributed by atoms with Crippen LogP contribution in [0.5, 0.6) is 11.5 Å². The van der Waals surface area contributed by atoms with Crippen molar-refractivity contribution in [2.75, 3.05) is 33.6 Å². The molecular formula is C27H29NO7S. The first-order valence-electron chi connectivity index (χ1n) is 12.2. The molecule has 8 nitrogen and oxygen atoms in total. The summed E-state index contributed by atoms with van der Waals surface area (Å²) >= 11 is 0.897. The minimum atomic E-state index is -1.05. The smallest absolute Gasteiger partial charge is 0.313 e. The van der Waals surface area contributed by atoms with Crippen molar-refractivity contribution in [2.24, 2.45) is 17.3 Å². The number of phenolic OH excluding ortho intramolecular Hbond substituents is 1. The molecule has 0 radical (unpaired) electrons. The lowest BCUT2D eigenvalue weighted by Gasteiger charge is -2.73. The Morgan fingerprint density at radius 3 is 2.69 bits per heavy atom. The zero-order valence-electron chi connectivity index (χ0n) is 20.4. The molecule has 190 valence electrons. The molecule has 4 bridgehead atoms. The fourth-order valence-electron chi connectivity index (χ4n) is 8.31. The predicted octanol–water partition coefficient (Wildman–Crippen LogP) is 2.33. The highest BCUT2D eigenvalue weighted by atomic mass is 32.2. The van der Waals surface area contributed by atoms with Crippen molar-refractivity contribution in [3.05, 3.63) is 46.4 Å². The standard InChI is InChI=1S/C27H29NO7S/c1-28-9-8-25-13-26(35-3)6-7-27(25,18(28)10-14-4-5-16(34-2)23(32)20(14)25)21-15(29)11-17(24(33)22(21)26)36-12-19(30)31/h4-7,11,18,21-22,32H,8-10,12-13H2,1-3H3,(H,30,31)/t18-,21+,22+,25-,26-,27-/m1/s1. The number of fused-ring (bicyclic) bond motifs is 1. The molecule has 2 fully saturated rings. The van der Waals surface area contributed by atoms with Crippen LogP contribution in [0, 0.1) is 17.3 Å². The van der Waals surface area contributed by atoms with E-state index < -0.39 is 34.2 Å². The molecule has 2 N–H and O–H groups in total. The van der Waals surface area contributed by atoms with Crippen LogP contribution >= 0.6 is 11.8 Å². The van der Waals surface area contributed by atoms with E-state index in [1.165, 1.54) is 13.2 Å². The Balaban J connectivity index is 1.62. The van der Waals surface area contributed by atoms with Crippen molar-refractivity contribution < 1.29 is 34.1 Å². The third-order valence-electron chi connectivity index (χ3n) is 9.57. The molecular weight excluding hydrogens is 482 g/mol. The fourth-order valence-corrected chi connectivity index (χ4v) is 9.05. The number of thioether (sulfide) groups is 1. The van der Waals surface area contributed by atoms with E-state index in [1.54, 1.807) is 13.2 Å². The Labute approximate surface area is 213 Å². The Morgan fingerprint density at radius 1 is 1.22 bits per heavy atom. The number of carboxylic acid groups (broad SMARTS) is 1. The zero-order valence-corrected chi connectivity index (χ0v) is 21.3. The number of carbonyl (C=O) groups is 3. The van der Waals surface area contributed by atoms with Crippen LogP contribution < -0.4 is 4.74 Å². The van der Waals surface area contributed by atoms with Gasteiger partial charge in [-0.15, -0.1) is 11.8 Å². The van der Waals surface area contributed by atoms with Gasteiger partial charge in [0.25, 0.3) is 0 Å². The number of benzene rings is 1. The number of piperidine rings is 1. The van der Waals surface area contributed by atoms with Crippen LogP contribution in [0.3, 0.4) is 0 Å². The summed E-state index contributed by atoms with van der Waals surface area (Å²) in [6, 6.07) is 3.74. The van der Waals surface area contributed by atoms with E-state index >= 15 is 0 Å². The first kappa shape index (κ1) is 23.8. The van der Waals surface area contributed by atoms with Gasteiger partial charge >= 0.3 is 5.97 Å². The number of likely N-dealkylation sites (tertiary alicyclic amines) is 1. The molecule has 0 amide bonds. The summed E-state index contributed by atoms with van der Waals surface area (Å²) in [5, 5.41) is 20.6. The zero-order chi connectivity index (χ0) is 25.6. The van der Waals surface area contributed by atoms with Crippen LogP contribution in [-0.4, -0.2) is 77.9 Å². The number of rotatable bonds is 5. The van der Waals surface area contributed by atoms with Crippen molar-refractivity contribution >= 4 is 29.3 Å².